The second-order valence-electron chi connectivity index (χ2n) is 4.19. The van der Waals surface area contributed by atoms with E-state index in [0.29, 0.717) is 11.3 Å². The van der Waals surface area contributed by atoms with Gasteiger partial charge in [0.1, 0.15) is 5.82 Å². The molecular formula is C13H15FN4. The zero-order valence-electron chi connectivity index (χ0n) is 10.3. The van der Waals surface area contributed by atoms with Crippen LogP contribution in [-0.2, 0) is 0 Å². The Balaban J connectivity index is 2.38. The van der Waals surface area contributed by atoms with Gasteiger partial charge in [-0.2, -0.15) is 0 Å². The monoisotopic (exact) mass is 246 g/mol. The summed E-state index contributed by atoms with van der Waals surface area (Å²) < 4.78 is 13.6. The molecule has 0 saturated heterocycles. The molecule has 4 nitrogen and oxygen atoms in total. The fourth-order valence-electron chi connectivity index (χ4n) is 1.69. The molecule has 1 aromatic carbocycles. The summed E-state index contributed by atoms with van der Waals surface area (Å²) in [6.45, 7) is 3.57. The summed E-state index contributed by atoms with van der Waals surface area (Å²) in [5.74, 6) is 5.27. The lowest BCUT2D eigenvalue weighted by Gasteiger charge is -2.16. The Morgan fingerprint density at radius 1 is 1.22 bits per heavy atom. The molecule has 0 spiro atoms. The van der Waals surface area contributed by atoms with Crippen LogP contribution in [0.3, 0.4) is 0 Å². The molecule has 1 aromatic heterocycles. The molecule has 0 radical (unpaired) electrons. The quantitative estimate of drug-likeness (QED) is 0.640. The third-order valence-electron chi connectivity index (χ3n) is 2.79. The van der Waals surface area contributed by atoms with Crippen molar-refractivity contribution in [2.45, 2.75) is 19.9 Å². The molecular weight excluding hydrogens is 231 g/mol. The van der Waals surface area contributed by atoms with Crippen LogP contribution < -0.4 is 11.3 Å². The second kappa shape index (κ2) is 5.20. The molecule has 0 amide bonds. The number of hydrogen-bond acceptors (Lipinski definition) is 4. The second-order valence-corrected chi connectivity index (χ2v) is 4.19. The SMILES string of the molecule is Cc1cnc(C(NN)c2ccc(C)c(F)c2)cn1. The standard InChI is InChI=1S/C13H15FN4/c1-8-3-4-10(5-11(8)14)13(18-15)12-7-16-9(2)6-17-12/h3-7,13,18H,15H2,1-2H3. The van der Waals surface area contributed by atoms with Crippen LogP contribution in [0.4, 0.5) is 4.39 Å². The highest BCUT2D eigenvalue weighted by Gasteiger charge is 2.15. The molecule has 94 valence electrons. The van der Waals surface area contributed by atoms with E-state index in [9.17, 15) is 4.39 Å². The van der Waals surface area contributed by atoms with Crippen LogP contribution in [0.2, 0.25) is 0 Å². The van der Waals surface area contributed by atoms with Crippen LogP contribution in [0, 0.1) is 19.7 Å². The van der Waals surface area contributed by atoms with Crippen molar-refractivity contribution in [3.63, 3.8) is 0 Å². The molecule has 1 heterocycles. The van der Waals surface area contributed by atoms with Gasteiger partial charge in [-0.15, -0.1) is 0 Å². The first-order chi connectivity index (χ1) is 8.61. The van der Waals surface area contributed by atoms with E-state index in [1.165, 1.54) is 6.07 Å². The average Bonchev–Trinajstić information content (AvgIpc) is 2.37. The third-order valence-corrected chi connectivity index (χ3v) is 2.79. The number of hydrazine groups is 1. The molecule has 1 atom stereocenters. The number of aromatic nitrogens is 2. The number of nitrogens with zero attached hydrogens (tertiary/aromatic N) is 2. The maximum absolute atomic E-state index is 13.6. The van der Waals surface area contributed by atoms with E-state index in [1.807, 2.05) is 13.0 Å². The first-order valence-electron chi connectivity index (χ1n) is 5.62. The topological polar surface area (TPSA) is 63.8 Å². The summed E-state index contributed by atoms with van der Waals surface area (Å²) in [5, 5.41) is 0. The van der Waals surface area contributed by atoms with E-state index in [-0.39, 0.29) is 11.9 Å². The van der Waals surface area contributed by atoms with Crippen molar-refractivity contribution < 1.29 is 4.39 Å². The Morgan fingerprint density at radius 2 is 2.00 bits per heavy atom. The van der Waals surface area contributed by atoms with Gasteiger partial charge in [0.15, 0.2) is 0 Å². The molecule has 2 rings (SSSR count). The molecule has 5 heteroatoms. The van der Waals surface area contributed by atoms with Gasteiger partial charge in [-0.1, -0.05) is 12.1 Å². The Labute approximate surface area is 105 Å². The van der Waals surface area contributed by atoms with Gasteiger partial charge in [0, 0.05) is 6.20 Å². The summed E-state index contributed by atoms with van der Waals surface area (Å²) in [6.07, 6.45) is 3.29. The summed E-state index contributed by atoms with van der Waals surface area (Å²) in [5.41, 5.74) is 5.44. The Kier molecular flexibility index (Phi) is 3.64. The van der Waals surface area contributed by atoms with Crippen molar-refractivity contribution in [3.05, 3.63) is 58.9 Å². The van der Waals surface area contributed by atoms with Gasteiger partial charge in [0.2, 0.25) is 0 Å². The summed E-state index contributed by atoms with van der Waals surface area (Å²) in [7, 11) is 0. The van der Waals surface area contributed by atoms with Crippen LogP contribution in [0.5, 0.6) is 0 Å². The van der Waals surface area contributed by atoms with Crippen molar-refractivity contribution in [1.29, 1.82) is 0 Å². The maximum atomic E-state index is 13.6. The number of rotatable bonds is 3. The molecule has 0 aliphatic rings. The Hall–Kier alpha value is -1.85. The minimum Gasteiger partial charge on any atom is -0.271 e. The fourth-order valence-corrected chi connectivity index (χ4v) is 1.69. The Morgan fingerprint density at radius 3 is 2.56 bits per heavy atom. The molecule has 2 aromatic rings. The minimum atomic E-state index is -0.367. The van der Waals surface area contributed by atoms with E-state index in [1.54, 1.807) is 25.4 Å². The van der Waals surface area contributed by atoms with Gasteiger partial charge >= 0.3 is 0 Å². The van der Waals surface area contributed by atoms with Crippen LogP contribution in [0.25, 0.3) is 0 Å². The van der Waals surface area contributed by atoms with Crippen molar-refractivity contribution in [3.8, 4) is 0 Å². The molecule has 0 bridgehead atoms. The lowest BCUT2D eigenvalue weighted by atomic mass is 10.0. The lowest BCUT2D eigenvalue weighted by Crippen LogP contribution is -2.29. The number of benzene rings is 1. The summed E-state index contributed by atoms with van der Waals surface area (Å²) in [4.78, 5) is 8.41. The highest BCUT2D eigenvalue weighted by molar-refractivity contribution is 5.30. The molecule has 0 aliphatic carbocycles. The van der Waals surface area contributed by atoms with Gasteiger partial charge in [-0.25, -0.2) is 9.82 Å². The number of nitrogens with two attached hydrogens (primary N) is 1. The van der Waals surface area contributed by atoms with Crippen molar-refractivity contribution >= 4 is 0 Å². The van der Waals surface area contributed by atoms with E-state index >= 15 is 0 Å². The lowest BCUT2D eigenvalue weighted by molar-refractivity contribution is 0.591. The van der Waals surface area contributed by atoms with Gasteiger partial charge < -0.3 is 0 Å². The number of halogens is 1. The number of nitrogens with one attached hydrogen (secondary N) is 1. The van der Waals surface area contributed by atoms with E-state index in [2.05, 4.69) is 15.4 Å². The average molecular weight is 246 g/mol. The molecule has 0 fully saturated rings. The molecule has 0 aliphatic heterocycles. The zero-order valence-corrected chi connectivity index (χ0v) is 10.3. The highest BCUT2D eigenvalue weighted by Crippen LogP contribution is 2.21. The first-order valence-corrected chi connectivity index (χ1v) is 5.62. The molecule has 3 N–H and O–H groups in total. The van der Waals surface area contributed by atoms with Crippen molar-refractivity contribution in [2.75, 3.05) is 0 Å². The van der Waals surface area contributed by atoms with Crippen molar-refractivity contribution in [1.82, 2.24) is 15.4 Å². The van der Waals surface area contributed by atoms with Gasteiger partial charge in [0.05, 0.1) is 23.6 Å². The summed E-state index contributed by atoms with van der Waals surface area (Å²) >= 11 is 0. The highest BCUT2D eigenvalue weighted by atomic mass is 19.1. The molecule has 1 unspecified atom stereocenters. The van der Waals surface area contributed by atoms with Crippen LogP contribution in [-0.4, -0.2) is 9.97 Å². The van der Waals surface area contributed by atoms with E-state index < -0.39 is 0 Å². The number of hydrogen-bond donors (Lipinski definition) is 2. The first kappa shape index (κ1) is 12.6. The van der Waals surface area contributed by atoms with E-state index in [0.717, 1.165) is 11.3 Å². The van der Waals surface area contributed by atoms with Gasteiger partial charge in [0.25, 0.3) is 0 Å². The minimum absolute atomic E-state index is 0.257. The molecule has 0 saturated carbocycles. The van der Waals surface area contributed by atoms with E-state index in [4.69, 9.17) is 5.84 Å². The largest absolute Gasteiger partial charge is 0.271 e. The fraction of sp³-hybridized carbons (Fsp3) is 0.231. The number of aryl methyl sites for hydroxylation is 2. The predicted molar refractivity (Wildman–Crippen MR) is 67.1 cm³/mol. The van der Waals surface area contributed by atoms with Gasteiger partial charge in [-0.3, -0.25) is 15.8 Å². The third kappa shape index (κ3) is 2.52. The predicted octanol–water partition coefficient (Wildman–Crippen LogP) is 1.79. The van der Waals surface area contributed by atoms with Crippen molar-refractivity contribution in [2.24, 2.45) is 5.84 Å². The zero-order chi connectivity index (χ0) is 13.1. The maximum Gasteiger partial charge on any atom is 0.126 e. The normalized spacial score (nSPS) is 12.4. The van der Waals surface area contributed by atoms with Crippen LogP contribution in [0.1, 0.15) is 28.6 Å². The summed E-state index contributed by atoms with van der Waals surface area (Å²) in [6, 6.07) is 4.64. The van der Waals surface area contributed by atoms with Gasteiger partial charge in [-0.05, 0) is 31.0 Å². The van der Waals surface area contributed by atoms with Crippen LogP contribution in [0.15, 0.2) is 30.6 Å². The Bertz CT molecular complexity index is 539. The smallest absolute Gasteiger partial charge is 0.126 e. The molecule has 18 heavy (non-hydrogen) atoms. The van der Waals surface area contributed by atoms with Crippen LogP contribution >= 0.6 is 0 Å².